The summed E-state index contributed by atoms with van der Waals surface area (Å²) in [5.74, 6) is -0.536. The van der Waals surface area contributed by atoms with Crippen molar-refractivity contribution < 1.29 is 37.9 Å². The molecule has 0 aromatic carbocycles. The van der Waals surface area contributed by atoms with Crippen LogP contribution < -0.4 is 5.32 Å². The van der Waals surface area contributed by atoms with Gasteiger partial charge in [0.25, 0.3) is 0 Å². The molecule has 270 valence electrons. The molecule has 0 saturated carbocycles. The summed E-state index contributed by atoms with van der Waals surface area (Å²) in [5.41, 5.74) is 0. The molecule has 0 aliphatic rings. The highest BCUT2D eigenvalue weighted by molar-refractivity contribution is 7.47. The summed E-state index contributed by atoms with van der Waals surface area (Å²) in [6.07, 6.45) is 32.5. The number of amides is 1. The molecule has 0 spiro atoms. The molecule has 1 amide bonds. The summed E-state index contributed by atoms with van der Waals surface area (Å²) in [7, 11) is -4.41. The third-order valence-corrected chi connectivity index (χ3v) is 8.59. The van der Waals surface area contributed by atoms with Gasteiger partial charge in [-0.25, -0.2) is 4.57 Å². The number of hydrogen-bond acceptors (Lipinski definition) is 7. The molecule has 0 radical (unpaired) electrons. The number of hydrogen-bond donors (Lipinski definition) is 3. The monoisotopic (exact) mass is 673 g/mol. The summed E-state index contributed by atoms with van der Waals surface area (Å²) in [5, 5.41) is 12.6. The topological polar surface area (TPSA) is 131 Å². The molecular weight excluding hydrogens is 605 g/mol. The highest BCUT2D eigenvalue weighted by Gasteiger charge is 2.23. The predicted octanol–water partition coefficient (Wildman–Crippen LogP) is 9.26. The third kappa shape index (κ3) is 33.8. The first kappa shape index (κ1) is 44.5. The van der Waals surface area contributed by atoms with E-state index in [-0.39, 0.29) is 32.1 Å². The van der Waals surface area contributed by atoms with Crippen LogP contribution in [0.25, 0.3) is 0 Å². The van der Waals surface area contributed by atoms with Crippen LogP contribution >= 0.6 is 7.82 Å². The van der Waals surface area contributed by atoms with Crippen molar-refractivity contribution in [3.05, 3.63) is 24.3 Å². The van der Waals surface area contributed by atoms with Crippen molar-refractivity contribution in [3.8, 4) is 0 Å². The Morgan fingerprint density at radius 2 is 1.13 bits per heavy atom. The van der Waals surface area contributed by atoms with Crippen LogP contribution in [0.1, 0.15) is 162 Å². The maximum Gasteiger partial charge on any atom is 0.472 e. The number of phosphoric acid groups is 1. The van der Waals surface area contributed by atoms with Gasteiger partial charge in [-0.05, 0) is 57.8 Å². The number of carbonyl (C=O) groups is 2. The number of rotatable bonds is 34. The number of carbonyl (C=O) groups excluding carboxylic acids is 2. The van der Waals surface area contributed by atoms with Gasteiger partial charge in [0.15, 0.2) is 0 Å². The van der Waals surface area contributed by atoms with Gasteiger partial charge in [0.05, 0.1) is 13.2 Å². The molecule has 0 rings (SSSR count). The SMILES string of the molecule is CCCC/C=C\CCCCCCCC(=O)OCC(O)COP(=O)(O)OCCNC(=O)CCCCCCC/C=C\CCCCCCC. The largest absolute Gasteiger partial charge is 0.472 e. The standard InChI is InChI=1S/C36H68NO8P/c1-3-5-7-9-11-13-15-16-17-19-20-22-24-26-28-35(39)37-30-31-44-46(41,42)45-33-34(38)32-43-36(40)29-27-25-23-21-18-14-12-10-8-6-4-2/h10,12,15-16,34,38H,3-9,11,13-14,17-33H2,1-2H3,(H,37,39)(H,41,42)/b12-10-,16-15-. The van der Waals surface area contributed by atoms with E-state index in [0.29, 0.717) is 6.42 Å². The van der Waals surface area contributed by atoms with E-state index >= 15 is 0 Å². The van der Waals surface area contributed by atoms with Gasteiger partial charge in [0, 0.05) is 19.4 Å². The smallest absolute Gasteiger partial charge is 0.463 e. The summed E-state index contributed by atoms with van der Waals surface area (Å²) in [6.45, 7) is 3.46. The first-order valence-electron chi connectivity index (χ1n) is 18.3. The second-order valence-corrected chi connectivity index (χ2v) is 13.6. The zero-order valence-electron chi connectivity index (χ0n) is 29.3. The van der Waals surface area contributed by atoms with Crippen LogP contribution in [0, 0.1) is 0 Å². The number of esters is 1. The number of nitrogens with one attached hydrogen (secondary N) is 1. The highest BCUT2D eigenvalue weighted by Crippen LogP contribution is 2.42. The van der Waals surface area contributed by atoms with E-state index in [0.717, 1.165) is 77.0 Å². The molecule has 0 bridgehead atoms. The molecule has 3 N–H and O–H groups in total. The maximum absolute atomic E-state index is 12.0. The van der Waals surface area contributed by atoms with Crippen LogP contribution in [0.15, 0.2) is 24.3 Å². The fourth-order valence-corrected chi connectivity index (χ4v) is 5.52. The number of unbranched alkanes of at least 4 members (excludes halogenated alkanes) is 17. The molecule has 0 aliphatic carbocycles. The molecular formula is C36H68NO8P. The Labute approximate surface area is 280 Å². The molecule has 0 heterocycles. The number of ether oxygens (including phenoxy) is 1. The van der Waals surface area contributed by atoms with Crippen LogP contribution in [-0.4, -0.2) is 54.3 Å². The number of allylic oxidation sites excluding steroid dienone is 4. The zero-order chi connectivity index (χ0) is 34.0. The van der Waals surface area contributed by atoms with Crippen molar-refractivity contribution in [2.75, 3.05) is 26.4 Å². The number of aliphatic hydroxyl groups is 1. The third-order valence-electron chi connectivity index (χ3n) is 7.60. The average molecular weight is 674 g/mol. The average Bonchev–Trinajstić information content (AvgIpc) is 3.04. The Morgan fingerprint density at radius 1 is 0.652 bits per heavy atom. The van der Waals surface area contributed by atoms with Gasteiger partial charge < -0.3 is 20.1 Å². The minimum absolute atomic E-state index is 0.0773. The van der Waals surface area contributed by atoms with Crippen molar-refractivity contribution in [3.63, 3.8) is 0 Å². The van der Waals surface area contributed by atoms with E-state index in [1.54, 1.807) is 0 Å². The molecule has 10 heteroatoms. The molecule has 46 heavy (non-hydrogen) atoms. The highest BCUT2D eigenvalue weighted by atomic mass is 31.2. The Kier molecular flexibility index (Phi) is 32.3. The predicted molar refractivity (Wildman–Crippen MR) is 188 cm³/mol. The molecule has 0 aromatic heterocycles. The van der Waals surface area contributed by atoms with Gasteiger partial charge >= 0.3 is 13.8 Å². The Hall–Kier alpha value is -1.51. The van der Waals surface area contributed by atoms with Crippen molar-refractivity contribution in [2.45, 2.75) is 168 Å². The second-order valence-electron chi connectivity index (χ2n) is 12.2. The minimum Gasteiger partial charge on any atom is -0.463 e. The number of phosphoric ester groups is 1. The van der Waals surface area contributed by atoms with Gasteiger partial charge in [-0.15, -0.1) is 0 Å². The summed E-state index contributed by atoms with van der Waals surface area (Å²) in [4.78, 5) is 33.7. The lowest BCUT2D eigenvalue weighted by molar-refractivity contribution is -0.147. The maximum atomic E-state index is 12.0. The van der Waals surface area contributed by atoms with Crippen LogP contribution in [0.4, 0.5) is 0 Å². The van der Waals surface area contributed by atoms with Gasteiger partial charge in [0.2, 0.25) is 5.91 Å². The molecule has 0 saturated heterocycles. The minimum atomic E-state index is -4.41. The van der Waals surface area contributed by atoms with Crippen LogP contribution in [0.2, 0.25) is 0 Å². The zero-order valence-corrected chi connectivity index (χ0v) is 30.2. The van der Waals surface area contributed by atoms with Crippen molar-refractivity contribution in [1.29, 1.82) is 0 Å². The van der Waals surface area contributed by atoms with Gasteiger partial charge in [-0.1, -0.05) is 115 Å². The van der Waals surface area contributed by atoms with E-state index < -0.39 is 26.5 Å². The first-order chi connectivity index (χ1) is 22.3. The molecule has 2 atom stereocenters. The second kappa shape index (κ2) is 33.4. The van der Waals surface area contributed by atoms with E-state index in [1.165, 1.54) is 57.8 Å². The Bertz CT molecular complexity index is 820. The van der Waals surface area contributed by atoms with Gasteiger partial charge in [0.1, 0.15) is 12.7 Å². The van der Waals surface area contributed by atoms with E-state index in [9.17, 15) is 24.2 Å². The normalized spacial score (nSPS) is 13.7. The first-order valence-corrected chi connectivity index (χ1v) is 19.8. The lowest BCUT2D eigenvalue weighted by Crippen LogP contribution is -2.27. The van der Waals surface area contributed by atoms with Crippen molar-refractivity contribution in [1.82, 2.24) is 5.32 Å². The molecule has 9 nitrogen and oxygen atoms in total. The van der Waals surface area contributed by atoms with Crippen LogP contribution in [0.3, 0.4) is 0 Å². The quantitative estimate of drug-likeness (QED) is 0.0267. The van der Waals surface area contributed by atoms with Crippen molar-refractivity contribution in [2.24, 2.45) is 0 Å². The number of aliphatic hydroxyl groups excluding tert-OH is 1. The van der Waals surface area contributed by atoms with Gasteiger partial charge in [-0.2, -0.15) is 0 Å². The molecule has 0 fully saturated rings. The van der Waals surface area contributed by atoms with E-state index in [2.05, 4.69) is 43.5 Å². The van der Waals surface area contributed by atoms with E-state index in [4.69, 9.17) is 13.8 Å². The summed E-state index contributed by atoms with van der Waals surface area (Å²) >= 11 is 0. The Morgan fingerprint density at radius 3 is 1.70 bits per heavy atom. The fraction of sp³-hybridized carbons (Fsp3) is 0.833. The lowest BCUT2D eigenvalue weighted by Gasteiger charge is -2.15. The fourth-order valence-electron chi connectivity index (χ4n) is 4.77. The van der Waals surface area contributed by atoms with Crippen LogP contribution in [0.5, 0.6) is 0 Å². The van der Waals surface area contributed by atoms with Crippen molar-refractivity contribution >= 4 is 19.7 Å². The molecule has 0 aromatic rings. The van der Waals surface area contributed by atoms with E-state index in [1.807, 2.05) is 0 Å². The molecule has 2 unspecified atom stereocenters. The summed E-state index contributed by atoms with van der Waals surface area (Å²) < 4.78 is 26.7. The molecule has 0 aliphatic heterocycles. The summed E-state index contributed by atoms with van der Waals surface area (Å²) in [6, 6.07) is 0. The Balaban J connectivity index is 3.65. The van der Waals surface area contributed by atoms with Gasteiger partial charge in [-0.3, -0.25) is 18.6 Å². The van der Waals surface area contributed by atoms with Crippen LogP contribution in [-0.2, 0) is 27.9 Å². The lowest BCUT2D eigenvalue weighted by atomic mass is 10.1.